The summed E-state index contributed by atoms with van der Waals surface area (Å²) in [5, 5.41) is 6.17. The fourth-order valence-corrected chi connectivity index (χ4v) is 11.8. The van der Waals surface area contributed by atoms with Crippen LogP contribution in [0.5, 0.6) is 0 Å². The van der Waals surface area contributed by atoms with Crippen LogP contribution in [0.1, 0.15) is 47.7 Å². The Balaban J connectivity index is 1.19. The number of allylic oxidation sites excluding steroid dienone is 1. The highest BCUT2D eigenvalue weighted by Crippen LogP contribution is 2.56. The number of aromatic nitrogens is 1. The third-order valence-corrected chi connectivity index (χ3v) is 14.1. The predicted octanol–water partition coefficient (Wildman–Crippen LogP) is 13.5. The molecular formula is C48H33N3OS2. The zero-order chi connectivity index (χ0) is 35.7. The molecule has 54 heavy (non-hydrogen) atoms. The van der Waals surface area contributed by atoms with E-state index in [2.05, 4.69) is 157 Å². The second-order valence-electron chi connectivity index (χ2n) is 14.7. The minimum atomic E-state index is 0.0662. The molecule has 3 aliphatic rings. The van der Waals surface area contributed by atoms with Crippen LogP contribution < -0.4 is 0 Å². The maximum absolute atomic E-state index is 6.44. The lowest BCUT2D eigenvalue weighted by Gasteiger charge is -2.35. The summed E-state index contributed by atoms with van der Waals surface area (Å²) in [7, 11) is 2.24. The molecule has 0 radical (unpaired) electrons. The maximum atomic E-state index is 6.44. The number of hydrogen-bond donors (Lipinski definition) is 0. The first-order valence-corrected chi connectivity index (χ1v) is 20.2. The Labute approximate surface area is 320 Å². The van der Waals surface area contributed by atoms with Crippen LogP contribution in [0.25, 0.3) is 75.9 Å². The molecule has 0 saturated heterocycles. The van der Waals surface area contributed by atoms with Gasteiger partial charge in [-0.1, -0.05) is 116 Å². The van der Waals surface area contributed by atoms with Gasteiger partial charge in [0.05, 0.1) is 22.9 Å². The molecule has 0 N–H and O–H groups in total. The molecule has 12 rings (SSSR count). The van der Waals surface area contributed by atoms with Crippen molar-refractivity contribution in [1.29, 1.82) is 0 Å². The number of fused-ring (bicyclic) bond motifs is 13. The summed E-state index contributed by atoms with van der Waals surface area (Å²) >= 11 is 3.75. The first kappa shape index (κ1) is 30.6. The van der Waals surface area contributed by atoms with Crippen molar-refractivity contribution in [2.24, 2.45) is 4.99 Å². The fourth-order valence-electron chi connectivity index (χ4n) is 9.24. The van der Waals surface area contributed by atoms with Crippen LogP contribution in [-0.2, 0) is 0 Å². The first-order chi connectivity index (χ1) is 26.6. The second kappa shape index (κ2) is 11.3. The molecule has 0 spiro atoms. The molecule has 0 bridgehead atoms. The molecule has 0 amide bonds. The number of thioether (sulfide) groups is 1. The SMILES string of the molecule is CC1CC=Cc2c1c1cc(-c3ccc4c(c3)oc3ccccc34)c3sc4ccccc4c3c1n2C1=NC(c2ccccc2)=C2Sc3ccccc3C2N1C. The van der Waals surface area contributed by atoms with Crippen molar-refractivity contribution in [2.45, 2.75) is 30.2 Å². The highest BCUT2D eigenvalue weighted by molar-refractivity contribution is 8.03. The van der Waals surface area contributed by atoms with E-state index in [1.807, 2.05) is 29.2 Å². The van der Waals surface area contributed by atoms with Gasteiger partial charge in [0.1, 0.15) is 11.2 Å². The van der Waals surface area contributed by atoms with Gasteiger partial charge in [-0.25, -0.2) is 4.99 Å². The molecule has 0 saturated carbocycles. The summed E-state index contributed by atoms with van der Waals surface area (Å²) in [5.41, 5.74) is 11.7. The first-order valence-electron chi connectivity index (χ1n) is 18.6. The molecule has 6 heteroatoms. The number of furan rings is 1. The lowest BCUT2D eigenvalue weighted by Crippen LogP contribution is -2.38. The standard InChI is InChI=1S/C48H33N3OS2/c1-27-13-12-19-36-41(27)35-26-34(29-23-24-31-30-16-6-9-20-37(30)52-38(31)25-29)46-42(32-17-7-10-21-39(32)53-46)44(35)51(36)48-49-43(28-14-4-3-5-15-28)47-45(50(48)2)33-18-8-11-22-40(33)54-47/h3-12,14-27,45H,13H2,1-2H3. The highest BCUT2D eigenvalue weighted by atomic mass is 32.2. The van der Waals surface area contributed by atoms with E-state index in [9.17, 15) is 0 Å². The smallest absolute Gasteiger partial charge is 0.211 e. The molecule has 5 heterocycles. The van der Waals surface area contributed by atoms with Crippen LogP contribution in [0, 0.1) is 0 Å². The minimum Gasteiger partial charge on any atom is -0.456 e. The van der Waals surface area contributed by atoms with E-state index in [1.54, 1.807) is 0 Å². The van der Waals surface area contributed by atoms with Gasteiger partial charge in [0, 0.05) is 64.3 Å². The average Bonchev–Trinajstić information content (AvgIpc) is 3.97. The number of rotatable bonds is 2. The highest BCUT2D eigenvalue weighted by Gasteiger charge is 2.40. The monoisotopic (exact) mass is 731 g/mol. The number of para-hydroxylation sites is 1. The van der Waals surface area contributed by atoms with Gasteiger partial charge in [0.15, 0.2) is 0 Å². The fraction of sp³-hybridized carbons (Fsp3) is 0.104. The predicted molar refractivity (Wildman–Crippen MR) is 229 cm³/mol. The maximum Gasteiger partial charge on any atom is 0.211 e. The molecule has 2 aliphatic heterocycles. The largest absolute Gasteiger partial charge is 0.456 e. The third kappa shape index (κ3) is 4.18. The molecule has 3 aromatic heterocycles. The van der Waals surface area contributed by atoms with Crippen LogP contribution in [0.2, 0.25) is 0 Å². The normalized spacial score (nSPS) is 18.0. The van der Waals surface area contributed by atoms with E-state index in [0.29, 0.717) is 5.92 Å². The Hall–Kier alpha value is -5.82. The summed E-state index contributed by atoms with van der Waals surface area (Å²) in [6.07, 6.45) is 5.71. The number of hydrogen-bond acceptors (Lipinski definition) is 5. The molecule has 258 valence electrons. The van der Waals surface area contributed by atoms with Crippen molar-refractivity contribution in [3.8, 4) is 11.1 Å². The number of benzene rings is 6. The van der Waals surface area contributed by atoms with Gasteiger partial charge in [-0.2, -0.15) is 0 Å². The van der Waals surface area contributed by atoms with Crippen LogP contribution in [0.15, 0.2) is 153 Å². The lowest BCUT2D eigenvalue weighted by molar-refractivity contribution is 0.416. The van der Waals surface area contributed by atoms with Crippen molar-refractivity contribution in [2.75, 3.05) is 7.05 Å². The number of thiophene rings is 1. The summed E-state index contributed by atoms with van der Waals surface area (Å²) in [6.45, 7) is 2.38. The van der Waals surface area contributed by atoms with Gasteiger partial charge in [-0.15, -0.1) is 11.3 Å². The van der Waals surface area contributed by atoms with Crippen molar-refractivity contribution in [3.63, 3.8) is 0 Å². The molecule has 6 aromatic carbocycles. The Kier molecular flexibility index (Phi) is 6.43. The quantitative estimate of drug-likeness (QED) is 0.177. The lowest BCUT2D eigenvalue weighted by atomic mass is 9.89. The van der Waals surface area contributed by atoms with Crippen molar-refractivity contribution >= 4 is 93.8 Å². The van der Waals surface area contributed by atoms with Gasteiger partial charge in [-0.3, -0.25) is 4.57 Å². The summed E-state index contributed by atoms with van der Waals surface area (Å²) in [4.78, 5) is 10.7. The average molecular weight is 732 g/mol. The van der Waals surface area contributed by atoms with Gasteiger partial charge in [0.25, 0.3) is 0 Å². The Morgan fingerprint density at radius 3 is 2.43 bits per heavy atom. The van der Waals surface area contributed by atoms with E-state index in [-0.39, 0.29) is 6.04 Å². The zero-order valence-electron chi connectivity index (χ0n) is 29.7. The van der Waals surface area contributed by atoms with E-state index < -0.39 is 0 Å². The Morgan fingerprint density at radius 2 is 1.52 bits per heavy atom. The Morgan fingerprint density at radius 1 is 0.741 bits per heavy atom. The number of nitrogens with zero attached hydrogens (tertiary/aromatic N) is 3. The summed E-state index contributed by atoms with van der Waals surface area (Å²) in [6, 6.07) is 46.2. The minimum absolute atomic E-state index is 0.0662. The van der Waals surface area contributed by atoms with E-state index in [4.69, 9.17) is 9.41 Å². The van der Waals surface area contributed by atoms with E-state index in [1.165, 1.54) is 68.8 Å². The second-order valence-corrected chi connectivity index (χ2v) is 16.9. The van der Waals surface area contributed by atoms with Gasteiger partial charge < -0.3 is 9.32 Å². The van der Waals surface area contributed by atoms with Gasteiger partial charge in [-0.05, 0) is 71.5 Å². The van der Waals surface area contributed by atoms with Crippen molar-refractivity contribution in [3.05, 3.63) is 161 Å². The van der Waals surface area contributed by atoms with Crippen LogP contribution in [0.3, 0.4) is 0 Å². The van der Waals surface area contributed by atoms with Crippen molar-refractivity contribution < 1.29 is 4.42 Å². The molecule has 2 unspecified atom stereocenters. The zero-order valence-corrected chi connectivity index (χ0v) is 31.3. The molecule has 2 atom stereocenters. The molecule has 1 aliphatic carbocycles. The number of aliphatic imine (C=N–C) groups is 1. The molecule has 4 nitrogen and oxygen atoms in total. The topological polar surface area (TPSA) is 33.7 Å². The van der Waals surface area contributed by atoms with E-state index >= 15 is 0 Å². The Bertz CT molecular complexity index is 3160. The summed E-state index contributed by atoms with van der Waals surface area (Å²) in [5.74, 6) is 1.30. The van der Waals surface area contributed by atoms with Crippen LogP contribution in [0.4, 0.5) is 0 Å². The number of likely N-dealkylation sites (N-methyl/N-ethyl adjacent to an activating group) is 1. The van der Waals surface area contributed by atoms with Gasteiger partial charge >= 0.3 is 0 Å². The van der Waals surface area contributed by atoms with E-state index in [0.717, 1.165) is 45.6 Å². The van der Waals surface area contributed by atoms with Crippen LogP contribution >= 0.6 is 23.1 Å². The molecule has 9 aromatic rings. The van der Waals surface area contributed by atoms with Crippen molar-refractivity contribution in [1.82, 2.24) is 9.47 Å². The molecular weight excluding hydrogens is 699 g/mol. The van der Waals surface area contributed by atoms with Gasteiger partial charge in [0.2, 0.25) is 5.96 Å². The molecule has 0 fully saturated rings. The summed E-state index contributed by atoms with van der Waals surface area (Å²) < 4.78 is 11.5. The third-order valence-electron chi connectivity index (χ3n) is 11.7. The van der Waals surface area contributed by atoms with Crippen LogP contribution in [-0.4, -0.2) is 22.5 Å².